The number of aromatic nitrogens is 1. The van der Waals surface area contributed by atoms with Crippen LogP contribution in [0, 0.1) is 11.2 Å². The number of hydrogen-bond acceptors (Lipinski definition) is 3. The highest BCUT2D eigenvalue weighted by Crippen LogP contribution is 2.36. The Hall–Kier alpha value is -3.05. The fraction of sp³-hybridized carbons (Fsp3) is 0.333. The first kappa shape index (κ1) is 22.2. The molecular weight excluding hydrogens is 401 g/mol. The molecule has 2 heterocycles. The summed E-state index contributed by atoms with van der Waals surface area (Å²) in [5, 5.41) is 3.07. The lowest BCUT2D eigenvalue weighted by molar-refractivity contribution is -0.134. The predicted molar refractivity (Wildman–Crippen MR) is 125 cm³/mol. The van der Waals surface area contributed by atoms with Gasteiger partial charge in [-0.2, -0.15) is 0 Å². The highest BCUT2D eigenvalue weighted by Gasteiger charge is 2.41. The summed E-state index contributed by atoms with van der Waals surface area (Å²) < 4.78 is 14.1. The number of rotatable bonds is 7. The Morgan fingerprint density at radius 2 is 1.78 bits per heavy atom. The number of pyridine rings is 1. The molecule has 0 aliphatic carbocycles. The molecule has 166 valence electrons. The van der Waals surface area contributed by atoms with E-state index in [4.69, 9.17) is 0 Å². The van der Waals surface area contributed by atoms with E-state index < -0.39 is 5.41 Å². The first-order valence-corrected chi connectivity index (χ1v) is 11.3. The monoisotopic (exact) mass is 431 g/mol. The third kappa shape index (κ3) is 5.05. The molecule has 32 heavy (non-hydrogen) atoms. The van der Waals surface area contributed by atoms with Crippen LogP contribution < -0.4 is 5.32 Å². The van der Waals surface area contributed by atoms with Crippen molar-refractivity contribution in [3.05, 3.63) is 90.0 Å². The second kappa shape index (κ2) is 10.0. The molecule has 1 saturated heterocycles. The second-order valence-corrected chi connectivity index (χ2v) is 8.63. The molecule has 1 N–H and O–H groups in total. The Kier molecular flexibility index (Phi) is 6.96. The first-order chi connectivity index (χ1) is 15.6. The van der Waals surface area contributed by atoms with E-state index in [0.717, 1.165) is 43.6 Å². The molecule has 0 atom stereocenters. The molecule has 4 rings (SSSR count). The van der Waals surface area contributed by atoms with E-state index >= 15 is 0 Å². The number of likely N-dealkylation sites (tertiary alicyclic amines) is 1. The van der Waals surface area contributed by atoms with Crippen LogP contribution in [0.3, 0.4) is 0 Å². The summed E-state index contributed by atoms with van der Waals surface area (Å²) in [4.78, 5) is 19.7. The van der Waals surface area contributed by atoms with E-state index in [-0.39, 0.29) is 11.7 Å². The van der Waals surface area contributed by atoms with Crippen LogP contribution in [0.25, 0.3) is 11.1 Å². The Labute approximate surface area is 189 Å². The number of benzene rings is 2. The minimum absolute atomic E-state index is 0.138. The third-order valence-corrected chi connectivity index (χ3v) is 6.44. The molecule has 1 aliphatic rings. The number of piperidine rings is 1. The van der Waals surface area contributed by atoms with Gasteiger partial charge in [-0.05, 0) is 68.1 Å². The fourth-order valence-electron chi connectivity index (χ4n) is 4.61. The summed E-state index contributed by atoms with van der Waals surface area (Å²) in [5.74, 6) is -0.0840. The van der Waals surface area contributed by atoms with Gasteiger partial charge in [0.15, 0.2) is 0 Å². The maximum atomic E-state index is 14.1. The van der Waals surface area contributed by atoms with E-state index in [1.165, 1.54) is 11.6 Å². The van der Waals surface area contributed by atoms with E-state index in [2.05, 4.69) is 21.3 Å². The zero-order valence-corrected chi connectivity index (χ0v) is 18.6. The van der Waals surface area contributed by atoms with Gasteiger partial charge in [-0.1, -0.05) is 48.5 Å². The zero-order chi connectivity index (χ0) is 22.4. The normalized spacial score (nSPS) is 15.9. The SMILES string of the molecule is CCNC(=O)C1(Cc2ccc(-c3ccccc3F)cc2)CCN(Cc2cccnc2)CC1. The summed E-state index contributed by atoms with van der Waals surface area (Å²) in [6.45, 7) is 5.20. The average Bonchev–Trinajstić information content (AvgIpc) is 2.82. The highest BCUT2D eigenvalue weighted by atomic mass is 19.1. The second-order valence-electron chi connectivity index (χ2n) is 8.63. The highest BCUT2D eigenvalue weighted by molar-refractivity contribution is 5.83. The minimum Gasteiger partial charge on any atom is -0.356 e. The Bertz CT molecular complexity index is 1030. The van der Waals surface area contributed by atoms with Gasteiger partial charge < -0.3 is 5.32 Å². The van der Waals surface area contributed by atoms with Gasteiger partial charge in [0.05, 0.1) is 5.41 Å². The van der Waals surface area contributed by atoms with Crippen molar-refractivity contribution in [2.75, 3.05) is 19.6 Å². The lowest BCUT2D eigenvalue weighted by Gasteiger charge is -2.41. The maximum absolute atomic E-state index is 14.1. The molecule has 5 heteroatoms. The van der Waals surface area contributed by atoms with E-state index in [1.807, 2.05) is 49.5 Å². The Balaban J connectivity index is 1.48. The van der Waals surface area contributed by atoms with E-state index in [9.17, 15) is 9.18 Å². The smallest absolute Gasteiger partial charge is 0.226 e. The number of carbonyl (C=O) groups is 1. The molecule has 0 saturated carbocycles. The molecule has 1 amide bonds. The zero-order valence-electron chi connectivity index (χ0n) is 18.6. The lowest BCUT2D eigenvalue weighted by Crippen LogP contribution is -2.49. The van der Waals surface area contributed by atoms with Gasteiger partial charge in [-0.25, -0.2) is 4.39 Å². The molecule has 0 unspecified atom stereocenters. The number of nitrogens with one attached hydrogen (secondary N) is 1. The van der Waals surface area contributed by atoms with Crippen LogP contribution in [-0.2, 0) is 17.8 Å². The number of hydrogen-bond donors (Lipinski definition) is 1. The van der Waals surface area contributed by atoms with Crippen molar-refractivity contribution in [1.29, 1.82) is 0 Å². The van der Waals surface area contributed by atoms with Crippen molar-refractivity contribution in [1.82, 2.24) is 15.2 Å². The van der Waals surface area contributed by atoms with E-state index in [0.29, 0.717) is 18.5 Å². The minimum atomic E-state index is -0.416. The van der Waals surface area contributed by atoms with Crippen LogP contribution in [0.1, 0.15) is 30.9 Å². The van der Waals surface area contributed by atoms with E-state index in [1.54, 1.807) is 18.3 Å². The van der Waals surface area contributed by atoms with Crippen LogP contribution in [-0.4, -0.2) is 35.4 Å². The first-order valence-electron chi connectivity index (χ1n) is 11.3. The average molecular weight is 432 g/mol. The van der Waals surface area contributed by atoms with Crippen LogP contribution in [0.15, 0.2) is 73.1 Å². The Morgan fingerprint density at radius 3 is 2.44 bits per heavy atom. The molecule has 1 fully saturated rings. The van der Waals surface area contributed by atoms with Gasteiger partial charge in [-0.15, -0.1) is 0 Å². The quantitative estimate of drug-likeness (QED) is 0.582. The van der Waals surface area contributed by atoms with Gasteiger partial charge in [0, 0.05) is 31.0 Å². The van der Waals surface area contributed by atoms with Crippen molar-refractivity contribution in [2.45, 2.75) is 32.7 Å². The largest absolute Gasteiger partial charge is 0.356 e. The summed E-state index contributed by atoms with van der Waals surface area (Å²) >= 11 is 0. The van der Waals surface area contributed by atoms with Gasteiger partial charge in [0.1, 0.15) is 5.82 Å². The standard InChI is InChI=1S/C27H30FN3O/c1-2-30-26(32)27(13-16-31(17-14-27)20-22-6-5-15-29-19-22)18-21-9-11-23(12-10-21)24-7-3-4-8-25(24)28/h3-12,15,19H,2,13-14,16-18,20H2,1H3,(H,30,32). The number of carbonyl (C=O) groups excluding carboxylic acids is 1. The molecule has 1 aliphatic heterocycles. The van der Waals surface area contributed by atoms with Crippen molar-refractivity contribution in [3.8, 4) is 11.1 Å². The van der Waals surface area contributed by atoms with Crippen LogP contribution in [0.5, 0.6) is 0 Å². The van der Waals surface area contributed by atoms with Gasteiger partial charge in [0.2, 0.25) is 5.91 Å². The molecule has 4 nitrogen and oxygen atoms in total. The molecule has 0 bridgehead atoms. The number of halogens is 1. The summed E-state index contributed by atoms with van der Waals surface area (Å²) in [6, 6.07) is 18.8. The molecule has 0 spiro atoms. The summed E-state index contributed by atoms with van der Waals surface area (Å²) in [7, 11) is 0. The van der Waals surface area contributed by atoms with Crippen LogP contribution in [0.4, 0.5) is 4.39 Å². The molecule has 3 aromatic rings. The van der Waals surface area contributed by atoms with Gasteiger partial charge in [0.25, 0.3) is 0 Å². The van der Waals surface area contributed by atoms with Crippen LogP contribution >= 0.6 is 0 Å². The van der Waals surface area contributed by atoms with Crippen molar-refractivity contribution in [2.24, 2.45) is 5.41 Å². The topological polar surface area (TPSA) is 45.2 Å². The maximum Gasteiger partial charge on any atom is 0.226 e. The van der Waals surface area contributed by atoms with Crippen molar-refractivity contribution >= 4 is 5.91 Å². The number of nitrogens with zero attached hydrogens (tertiary/aromatic N) is 2. The summed E-state index contributed by atoms with van der Waals surface area (Å²) in [6.07, 6.45) is 6.01. The molecule has 2 aromatic carbocycles. The predicted octanol–water partition coefficient (Wildman–Crippen LogP) is 4.85. The van der Waals surface area contributed by atoms with Gasteiger partial charge >= 0.3 is 0 Å². The lowest BCUT2D eigenvalue weighted by atomic mass is 9.72. The molecular formula is C27H30FN3O. The summed E-state index contributed by atoms with van der Waals surface area (Å²) in [5.41, 5.74) is 3.34. The molecule has 0 radical (unpaired) electrons. The third-order valence-electron chi connectivity index (χ3n) is 6.44. The fourth-order valence-corrected chi connectivity index (χ4v) is 4.61. The number of amides is 1. The molecule has 1 aromatic heterocycles. The van der Waals surface area contributed by atoms with Gasteiger partial charge in [-0.3, -0.25) is 14.7 Å². The Morgan fingerprint density at radius 1 is 1.03 bits per heavy atom. The van der Waals surface area contributed by atoms with Crippen molar-refractivity contribution in [3.63, 3.8) is 0 Å². The van der Waals surface area contributed by atoms with Crippen molar-refractivity contribution < 1.29 is 9.18 Å². The van der Waals surface area contributed by atoms with Crippen LogP contribution in [0.2, 0.25) is 0 Å².